The molecule has 0 aliphatic heterocycles. The van der Waals surface area contributed by atoms with E-state index in [0.717, 1.165) is 0 Å². The number of aromatic nitrogens is 2. The van der Waals surface area contributed by atoms with E-state index in [0.29, 0.717) is 16.7 Å². The summed E-state index contributed by atoms with van der Waals surface area (Å²) < 4.78 is 5.61. The summed E-state index contributed by atoms with van der Waals surface area (Å²) in [4.78, 5) is 17.4. The summed E-state index contributed by atoms with van der Waals surface area (Å²) in [5.41, 5.74) is 5.91. The first-order chi connectivity index (χ1) is 7.58. The Morgan fingerprint density at radius 2 is 2.19 bits per heavy atom. The van der Waals surface area contributed by atoms with Crippen molar-refractivity contribution in [2.45, 2.75) is 20.0 Å². The molecule has 0 atom stereocenters. The van der Waals surface area contributed by atoms with Gasteiger partial charge in [-0.25, -0.2) is 4.79 Å². The Morgan fingerprint density at radius 3 is 2.88 bits per heavy atom. The number of anilines is 1. The van der Waals surface area contributed by atoms with E-state index < -0.39 is 5.69 Å². The van der Waals surface area contributed by atoms with Crippen LogP contribution in [0.15, 0.2) is 23.0 Å². The first kappa shape index (κ1) is 10.5. The third-order valence-electron chi connectivity index (χ3n) is 2.11. The molecule has 0 aliphatic carbocycles. The molecule has 0 saturated heterocycles. The minimum atomic E-state index is -0.452. The summed E-state index contributed by atoms with van der Waals surface area (Å²) in [5.74, 6) is 0.823. The van der Waals surface area contributed by atoms with E-state index >= 15 is 0 Å². The minimum Gasteiger partial charge on any atom is -0.490 e. The Morgan fingerprint density at radius 1 is 1.44 bits per heavy atom. The molecule has 0 fully saturated rings. The average molecular weight is 219 g/mol. The lowest BCUT2D eigenvalue weighted by molar-refractivity contribution is 0.245. The van der Waals surface area contributed by atoms with Crippen molar-refractivity contribution >= 4 is 16.7 Å². The first-order valence-electron chi connectivity index (χ1n) is 5.03. The lowest BCUT2D eigenvalue weighted by Crippen LogP contribution is -2.14. The van der Waals surface area contributed by atoms with Crippen LogP contribution in [0.1, 0.15) is 13.8 Å². The van der Waals surface area contributed by atoms with Crippen LogP contribution in [0.4, 0.5) is 5.82 Å². The van der Waals surface area contributed by atoms with Crippen LogP contribution in [0.25, 0.3) is 10.9 Å². The zero-order chi connectivity index (χ0) is 11.7. The maximum absolute atomic E-state index is 11.2. The van der Waals surface area contributed by atoms with Crippen LogP contribution in [0.2, 0.25) is 0 Å². The fourth-order valence-corrected chi connectivity index (χ4v) is 1.56. The number of hydrogen-bond donors (Lipinski definition) is 2. The van der Waals surface area contributed by atoms with Crippen LogP contribution < -0.4 is 16.2 Å². The van der Waals surface area contributed by atoms with Crippen LogP contribution >= 0.6 is 0 Å². The summed E-state index contributed by atoms with van der Waals surface area (Å²) in [6.45, 7) is 3.85. The van der Waals surface area contributed by atoms with Crippen molar-refractivity contribution in [2.24, 2.45) is 0 Å². The van der Waals surface area contributed by atoms with Gasteiger partial charge in [0.25, 0.3) is 0 Å². The van der Waals surface area contributed by atoms with Gasteiger partial charge in [0.1, 0.15) is 11.6 Å². The van der Waals surface area contributed by atoms with E-state index in [4.69, 9.17) is 10.5 Å². The smallest absolute Gasteiger partial charge is 0.347 e. The topological polar surface area (TPSA) is 81.0 Å². The van der Waals surface area contributed by atoms with E-state index in [1.165, 1.54) is 0 Å². The van der Waals surface area contributed by atoms with Gasteiger partial charge in [0.05, 0.1) is 17.0 Å². The SMILES string of the molecule is CC(C)Oc1cccc2[nH]c(=O)nc(N)c12. The van der Waals surface area contributed by atoms with Crippen molar-refractivity contribution in [2.75, 3.05) is 5.73 Å². The van der Waals surface area contributed by atoms with E-state index in [-0.39, 0.29) is 11.9 Å². The number of nitrogen functional groups attached to an aromatic ring is 1. The Labute approximate surface area is 92.3 Å². The number of benzene rings is 1. The van der Waals surface area contributed by atoms with Gasteiger partial charge in [0.15, 0.2) is 0 Å². The molecule has 0 aliphatic rings. The molecular weight excluding hydrogens is 206 g/mol. The average Bonchev–Trinajstić information content (AvgIpc) is 2.15. The van der Waals surface area contributed by atoms with Gasteiger partial charge in [-0.15, -0.1) is 0 Å². The lowest BCUT2D eigenvalue weighted by Gasteiger charge is -2.12. The molecule has 1 aromatic heterocycles. The molecule has 0 saturated carbocycles. The molecule has 16 heavy (non-hydrogen) atoms. The number of hydrogen-bond acceptors (Lipinski definition) is 4. The molecule has 0 spiro atoms. The first-order valence-corrected chi connectivity index (χ1v) is 5.03. The number of nitrogens with one attached hydrogen (secondary N) is 1. The highest BCUT2D eigenvalue weighted by Crippen LogP contribution is 2.27. The summed E-state index contributed by atoms with van der Waals surface area (Å²) in [6, 6.07) is 5.37. The second-order valence-electron chi connectivity index (χ2n) is 3.77. The highest BCUT2D eigenvalue weighted by Gasteiger charge is 2.09. The van der Waals surface area contributed by atoms with Crippen LogP contribution in [-0.4, -0.2) is 16.1 Å². The summed E-state index contributed by atoms with van der Waals surface area (Å²) in [5, 5.41) is 0.649. The Hall–Kier alpha value is -2.04. The van der Waals surface area contributed by atoms with Gasteiger partial charge in [-0.1, -0.05) is 6.07 Å². The van der Waals surface area contributed by atoms with Gasteiger partial charge >= 0.3 is 5.69 Å². The number of nitrogens with two attached hydrogens (primary N) is 1. The van der Waals surface area contributed by atoms with Crippen molar-refractivity contribution in [3.8, 4) is 5.75 Å². The second-order valence-corrected chi connectivity index (χ2v) is 3.77. The number of nitrogens with zero attached hydrogens (tertiary/aromatic N) is 1. The van der Waals surface area contributed by atoms with Crippen LogP contribution in [0.3, 0.4) is 0 Å². The summed E-state index contributed by atoms with van der Waals surface area (Å²) in [7, 11) is 0. The maximum atomic E-state index is 11.2. The highest BCUT2D eigenvalue weighted by atomic mass is 16.5. The molecule has 1 aromatic carbocycles. The number of fused-ring (bicyclic) bond motifs is 1. The molecule has 0 amide bonds. The van der Waals surface area contributed by atoms with E-state index in [9.17, 15) is 4.79 Å². The van der Waals surface area contributed by atoms with Gasteiger partial charge in [0.2, 0.25) is 0 Å². The van der Waals surface area contributed by atoms with E-state index in [1.807, 2.05) is 13.8 Å². The molecule has 5 nitrogen and oxygen atoms in total. The van der Waals surface area contributed by atoms with Crippen LogP contribution in [0.5, 0.6) is 5.75 Å². The summed E-state index contributed by atoms with van der Waals surface area (Å²) in [6.07, 6.45) is 0.0388. The minimum absolute atomic E-state index is 0.0388. The number of aromatic amines is 1. The van der Waals surface area contributed by atoms with Gasteiger partial charge < -0.3 is 15.5 Å². The molecule has 2 rings (SSSR count). The predicted octanol–water partition coefficient (Wildman–Crippen LogP) is 1.29. The van der Waals surface area contributed by atoms with Crippen molar-refractivity contribution in [1.82, 2.24) is 9.97 Å². The van der Waals surface area contributed by atoms with Gasteiger partial charge in [-0.3, -0.25) is 0 Å². The number of ether oxygens (including phenoxy) is 1. The standard InChI is InChI=1S/C11H13N3O2/c1-6(2)16-8-5-3-4-7-9(8)10(12)14-11(15)13-7/h3-6H,1-2H3,(H3,12,13,14,15). The number of H-pyrrole nitrogens is 1. The molecule has 0 unspecified atom stereocenters. The fourth-order valence-electron chi connectivity index (χ4n) is 1.56. The normalized spacial score (nSPS) is 10.9. The highest BCUT2D eigenvalue weighted by molar-refractivity contribution is 5.93. The zero-order valence-electron chi connectivity index (χ0n) is 9.15. The van der Waals surface area contributed by atoms with Crippen LogP contribution in [-0.2, 0) is 0 Å². The Balaban J connectivity index is 2.71. The predicted molar refractivity (Wildman–Crippen MR) is 62.5 cm³/mol. The van der Waals surface area contributed by atoms with Gasteiger partial charge in [0, 0.05) is 0 Å². The van der Waals surface area contributed by atoms with Gasteiger partial charge in [-0.2, -0.15) is 4.98 Å². The molecule has 5 heteroatoms. The van der Waals surface area contributed by atoms with Crippen LogP contribution in [0, 0.1) is 0 Å². The van der Waals surface area contributed by atoms with Crippen molar-refractivity contribution in [3.63, 3.8) is 0 Å². The Kier molecular flexibility index (Phi) is 2.52. The summed E-state index contributed by atoms with van der Waals surface area (Å²) >= 11 is 0. The molecule has 84 valence electrons. The van der Waals surface area contributed by atoms with Crippen molar-refractivity contribution in [3.05, 3.63) is 28.7 Å². The molecule has 3 N–H and O–H groups in total. The molecule has 2 aromatic rings. The zero-order valence-corrected chi connectivity index (χ0v) is 9.15. The molecule has 1 heterocycles. The maximum Gasteiger partial charge on any atom is 0.347 e. The molecular formula is C11H13N3O2. The third kappa shape index (κ3) is 1.84. The van der Waals surface area contributed by atoms with Crippen molar-refractivity contribution in [1.29, 1.82) is 0 Å². The van der Waals surface area contributed by atoms with E-state index in [1.54, 1.807) is 18.2 Å². The monoisotopic (exact) mass is 219 g/mol. The van der Waals surface area contributed by atoms with Crippen molar-refractivity contribution < 1.29 is 4.74 Å². The second kappa shape index (κ2) is 3.84. The fraction of sp³-hybridized carbons (Fsp3) is 0.273. The largest absolute Gasteiger partial charge is 0.490 e. The third-order valence-corrected chi connectivity index (χ3v) is 2.11. The molecule has 0 bridgehead atoms. The number of rotatable bonds is 2. The Bertz CT molecular complexity index is 575. The van der Waals surface area contributed by atoms with E-state index in [2.05, 4.69) is 9.97 Å². The van der Waals surface area contributed by atoms with Gasteiger partial charge in [-0.05, 0) is 26.0 Å². The lowest BCUT2D eigenvalue weighted by atomic mass is 10.2. The molecule has 0 radical (unpaired) electrons. The quantitative estimate of drug-likeness (QED) is 0.797.